The van der Waals surface area contributed by atoms with Gasteiger partial charge in [0.1, 0.15) is 5.75 Å². The van der Waals surface area contributed by atoms with Crippen molar-refractivity contribution in [3.8, 4) is 5.75 Å². The molecule has 1 aromatic rings. The maximum absolute atomic E-state index is 5.04. The van der Waals surface area contributed by atoms with E-state index in [1.54, 1.807) is 7.11 Å². The molecule has 0 aliphatic carbocycles. The van der Waals surface area contributed by atoms with Gasteiger partial charge < -0.3 is 4.74 Å². The average Bonchev–Trinajstić information content (AvgIpc) is 2.05. The minimum Gasteiger partial charge on any atom is -0.497 e. The number of alkyl halides is 1. The second-order valence-corrected chi connectivity index (χ2v) is 2.55. The van der Waals surface area contributed by atoms with E-state index in [1.807, 2.05) is 18.2 Å². The molecular formula is C8H9BrO. The van der Waals surface area contributed by atoms with Gasteiger partial charge in [0.15, 0.2) is 0 Å². The highest BCUT2D eigenvalue weighted by Gasteiger charge is 1.91. The third kappa shape index (κ3) is 1.74. The summed E-state index contributed by atoms with van der Waals surface area (Å²) in [6.45, 7) is 0. The Morgan fingerprint density at radius 1 is 1.50 bits per heavy atom. The predicted octanol–water partition coefficient (Wildman–Crippen LogP) is 2.59. The molecule has 1 nitrogen and oxygen atoms in total. The number of hydrogen-bond donors (Lipinski definition) is 0. The van der Waals surface area contributed by atoms with Gasteiger partial charge in [-0.2, -0.15) is 0 Å². The van der Waals surface area contributed by atoms with Gasteiger partial charge >= 0.3 is 0 Å². The summed E-state index contributed by atoms with van der Waals surface area (Å²) >= 11 is 3.37. The second-order valence-electron chi connectivity index (χ2n) is 1.99. The van der Waals surface area contributed by atoms with Gasteiger partial charge in [0.25, 0.3) is 0 Å². The minimum atomic E-state index is 0.879. The average molecular weight is 203 g/mol. The van der Waals surface area contributed by atoms with Crippen LogP contribution in [0.25, 0.3) is 0 Å². The van der Waals surface area contributed by atoms with Crippen molar-refractivity contribution in [3.63, 3.8) is 0 Å². The topological polar surface area (TPSA) is 9.23 Å². The van der Waals surface area contributed by atoms with Crippen molar-refractivity contribution in [2.75, 3.05) is 7.11 Å². The summed E-state index contributed by atoms with van der Waals surface area (Å²) in [5.74, 6) is 0.914. The van der Waals surface area contributed by atoms with E-state index in [2.05, 4.69) is 22.0 Å². The van der Waals surface area contributed by atoms with Gasteiger partial charge in [0.05, 0.1) is 7.11 Å². The van der Waals surface area contributed by atoms with Crippen LogP contribution in [-0.4, -0.2) is 7.11 Å². The summed E-state index contributed by atoms with van der Waals surface area (Å²) in [6.07, 6.45) is 0. The normalized spacial score (nSPS) is 9.40. The first-order valence-corrected chi connectivity index (χ1v) is 4.18. The highest BCUT2D eigenvalue weighted by molar-refractivity contribution is 9.08. The number of hydrogen-bond acceptors (Lipinski definition) is 1. The van der Waals surface area contributed by atoms with Gasteiger partial charge in [-0.05, 0) is 17.7 Å². The maximum Gasteiger partial charge on any atom is 0.119 e. The van der Waals surface area contributed by atoms with E-state index in [1.165, 1.54) is 5.56 Å². The number of methoxy groups -OCH3 is 1. The van der Waals surface area contributed by atoms with Gasteiger partial charge in [0, 0.05) is 5.33 Å². The van der Waals surface area contributed by atoms with Crippen molar-refractivity contribution in [3.05, 3.63) is 29.8 Å². The van der Waals surface area contributed by atoms with Crippen molar-refractivity contribution in [1.82, 2.24) is 0 Å². The summed E-state index contributed by atoms with van der Waals surface area (Å²) in [4.78, 5) is 0. The molecule has 0 N–H and O–H groups in total. The first kappa shape index (κ1) is 7.61. The first-order chi connectivity index (χ1) is 4.86. The number of rotatable bonds is 2. The summed E-state index contributed by atoms with van der Waals surface area (Å²) < 4.78 is 5.04. The Labute approximate surface area is 69.1 Å². The van der Waals surface area contributed by atoms with Crippen LogP contribution in [-0.2, 0) is 5.33 Å². The monoisotopic (exact) mass is 202 g/mol. The van der Waals surface area contributed by atoms with Crippen LogP contribution in [0.1, 0.15) is 5.56 Å². The molecule has 0 fully saturated rings. The Morgan fingerprint density at radius 2 is 2.30 bits per heavy atom. The van der Waals surface area contributed by atoms with Crippen molar-refractivity contribution in [1.29, 1.82) is 0 Å². The van der Waals surface area contributed by atoms with Crippen molar-refractivity contribution in [2.45, 2.75) is 5.33 Å². The molecule has 54 valence electrons. The molecule has 2 heteroatoms. The molecule has 0 atom stereocenters. The molecular weight excluding hydrogens is 194 g/mol. The van der Waals surface area contributed by atoms with Crippen molar-refractivity contribution < 1.29 is 4.74 Å². The third-order valence-corrected chi connectivity index (χ3v) is 1.94. The van der Waals surface area contributed by atoms with Crippen LogP contribution in [0, 0.1) is 0 Å². The van der Waals surface area contributed by atoms with Gasteiger partial charge in [0.2, 0.25) is 0 Å². The summed E-state index contributed by atoms with van der Waals surface area (Å²) in [7, 11) is 1.67. The molecule has 0 bridgehead atoms. The molecule has 0 aliphatic rings. The summed E-state index contributed by atoms with van der Waals surface area (Å²) in [5, 5.41) is 0.879. The van der Waals surface area contributed by atoms with E-state index in [-0.39, 0.29) is 0 Å². The number of benzene rings is 1. The Hall–Kier alpha value is -0.500. The van der Waals surface area contributed by atoms with Crippen molar-refractivity contribution in [2.24, 2.45) is 0 Å². The van der Waals surface area contributed by atoms with Crippen LogP contribution in [0.4, 0.5) is 0 Å². The van der Waals surface area contributed by atoms with E-state index < -0.39 is 0 Å². The Kier molecular flexibility index (Phi) is 2.75. The van der Waals surface area contributed by atoms with Crippen molar-refractivity contribution >= 4 is 15.9 Å². The molecule has 0 saturated carbocycles. The van der Waals surface area contributed by atoms with E-state index in [4.69, 9.17) is 4.74 Å². The predicted molar refractivity (Wildman–Crippen MR) is 45.6 cm³/mol. The van der Waals surface area contributed by atoms with E-state index in [9.17, 15) is 0 Å². The largest absolute Gasteiger partial charge is 0.497 e. The zero-order valence-electron chi connectivity index (χ0n) is 5.80. The minimum absolute atomic E-state index is 0.879. The fraction of sp³-hybridized carbons (Fsp3) is 0.250. The van der Waals surface area contributed by atoms with Gasteiger partial charge in [-0.15, -0.1) is 0 Å². The molecule has 0 amide bonds. The molecule has 0 spiro atoms. The van der Waals surface area contributed by atoms with Gasteiger partial charge in [-0.1, -0.05) is 28.1 Å². The Morgan fingerprint density at radius 3 is 2.90 bits per heavy atom. The highest BCUT2D eigenvalue weighted by atomic mass is 79.9. The second kappa shape index (κ2) is 3.62. The SMILES string of the molecule is [13CH3]Oc1cccc([13CH2]Br)c1. The Balaban J connectivity index is 2.87. The standard InChI is InChI=1S/C8H9BrO/c1-10-8-4-2-3-7(5-8)6-9/h2-5H,6H2,1H3/i1+1,6+1. The lowest BCUT2D eigenvalue weighted by atomic mass is 10.3. The van der Waals surface area contributed by atoms with E-state index >= 15 is 0 Å². The van der Waals surface area contributed by atoms with Crippen LogP contribution in [0.15, 0.2) is 24.3 Å². The lowest BCUT2D eigenvalue weighted by Crippen LogP contribution is -1.83. The Bertz CT molecular complexity index is 191. The molecule has 0 aliphatic heterocycles. The van der Waals surface area contributed by atoms with E-state index in [0.29, 0.717) is 0 Å². The maximum atomic E-state index is 5.04. The summed E-state index contributed by atoms with van der Waals surface area (Å²) in [5.41, 5.74) is 1.24. The van der Waals surface area contributed by atoms with E-state index in [0.717, 1.165) is 11.1 Å². The molecule has 0 saturated heterocycles. The molecule has 0 aromatic heterocycles. The lowest BCUT2D eigenvalue weighted by Gasteiger charge is -1.99. The smallest absolute Gasteiger partial charge is 0.119 e. The molecule has 10 heavy (non-hydrogen) atoms. The molecule has 0 radical (unpaired) electrons. The zero-order valence-corrected chi connectivity index (χ0v) is 7.39. The number of ether oxygens (including phenoxy) is 1. The number of halogens is 1. The highest BCUT2D eigenvalue weighted by Crippen LogP contribution is 2.14. The fourth-order valence-corrected chi connectivity index (χ4v) is 1.10. The molecule has 0 heterocycles. The van der Waals surface area contributed by atoms with Crippen LogP contribution in [0.5, 0.6) is 5.75 Å². The first-order valence-electron chi connectivity index (χ1n) is 3.05. The summed E-state index contributed by atoms with van der Waals surface area (Å²) in [6, 6.07) is 7.98. The van der Waals surface area contributed by atoms with Crippen LogP contribution in [0.2, 0.25) is 0 Å². The zero-order chi connectivity index (χ0) is 7.40. The van der Waals surface area contributed by atoms with Crippen LogP contribution in [0.3, 0.4) is 0 Å². The molecule has 1 aromatic carbocycles. The quantitative estimate of drug-likeness (QED) is 0.530. The molecule has 1 rings (SSSR count). The van der Waals surface area contributed by atoms with Gasteiger partial charge in [-0.3, -0.25) is 0 Å². The fourth-order valence-electron chi connectivity index (χ4n) is 0.756. The van der Waals surface area contributed by atoms with Crippen LogP contribution < -0.4 is 4.74 Å². The lowest BCUT2D eigenvalue weighted by molar-refractivity contribution is 0.414. The third-order valence-electron chi connectivity index (χ3n) is 1.29. The molecule has 0 unspecified atom stereocenters. The van der Waals surface area contributed by atoms with Crippen LogP contribution >= 0.6 is 15.9 Å². The van der Waals surface area contributed by atoms with Gasteiger partial charge in [-0.25, -0.2) is 0 Å².